The molecule has 0 radical (unpaired) electrons. The maximum Gasteiger partial charge on any atom is 0.173 e. The summed E-state index contributed by atoms with van der Waals surface area (Å²) >= 11 is 0. The SMILES string of the molecule is CN1CCN(c2nnccc2/C(N)=N/O)CC1(C)C. The van der Waals surface area contributed by atoms with Crippen molar-refractivity contribution in [2.24, 2.45) is 10.9 Å². The fraction of sp³-hybridized carbons (Fsp3) is 0.583. The van der Waals surface area contributed by atoms with E-state index >= 15 is 0 Å². The lowest BCUT2D eigenvalue weighted by molar-refractivity contribution is 0.138. The molecule has 1 aliphatic rings. The molecule has 0 amide bonds. The van der Waals surface area contributed by atoms with Crippen LogP contribution in [0.3, 0.4) is 0 Å². The summed E-state index contributed by atoms with van der Waals surface area (Å²) in [6.07, 6.45) is 1.54. The molecule has 0 bridgehead atoms. The van der Waals surface area contributed by atoms with Crippen molar-refractivity contribution in [1.82, 2.24) is 15.1 Å². The fourth-order valence-corrected chi connectivity index (χ4v) is 2.23. The molecule has 0 saturated carbocycles. The summed E-state index contributed by atoms with van der Waals surface area (Å²) in [4.78, 5) is 4.43. The molecular formula is C12H20N6O. The molecule has 0 aliphatic carbocycles. The standard InChI is InChI=1S/C12H20N6O/c1-12(2)8-18(7-6-17(12)3)11-9(10(13)16-19)4-5-14-15-11/h4-5,19H,6-8H2,1-3H3,(H2,13,16). The molecule has 104 valence electrons. The molecule has 1 aromatic rings. The lowest BCUT2D eigenvalue weighted by Crippen LogP contribution is -2.58. The summed E-state index contributed by atoms with van der Waals surface area (Å²) in [5.41, 5.74) is 6.34. The van der Waals surface area contributed by atoms with Crippen molar-refractivity contribution in [3.63, 3.8) is 0 Å². The Balaban J connectivity index is 2.33. The number of nitrogens with two attached hydrogens (primary N) is 1. The van der Waals surface area contributed by atoms with E-state index in [9.17, 15) is 0 Å². The number of aromatic nitrogens is 2. The van der Waals surface area contributed by atoms with E-state index in [0.29, 0.717) is 11.4 Å². The summed E-state index contributed by atoms with van der Waals surface area (Å²) in [7, 11) is 2.11. The topological polar surface area (TPSA) is 90.9 Å². The van der Waals surface area contributed by atoms with Gasteiger partial charge < -0.3 is 15.8 Å². The van der Waals surface area contributed by atoms with Crippen LogP contribution in [0, 0.1) is 0 Å². The minimum absolute atomic E-state index is 0.0398. The first-order valence-electron chi connectivity index (χ1n) is 6.21. The van der Waals surface area contributed by atoms with Crippen molar-refractivity contribution in [2.75, 3.05) is 31.6 Å². The van der Waals surface area contributed by atoms with E-state index in [1.54, 1.807) is 6.07 Å². The van der Waals surface area contributed by atoms with Crippen molar-refractivity contribution < 1.29 is 5.21 Å². The van der Waals surface area contributed by atoms with E-state index in [1.165, 1.54) is 6.20 Å². The number of hydrogen-bond donors (Lipinski definition) is 2. The van der Waals surface area contributed by atoms with Gasteiger partial charge in [-0.3, -0.25) is 4.90 Å². The summed E-state index contributed by atoms with van der Waals surface area (Å²) in [5.74, 6) is 0.723. The lowest BCUT2D eigenvalue weighted by Gasteiger charge is -2.45. The van der Waals surface area contributed by atoms with Crippen LogP contribution in [0.5, 0.6) is 0 Å². The van der Waals surface area contributed by atoms with Gasteiger partial charge in [-0.15, -0.1) is 5.10 Å². The van der Waals surface area contributed by atoms with E-state index in [4.69, 9.17) is 10.9 Å². The van der Waals surface area contributed by atoms with Gasteiger partial charge in [0.05, 0.1) is 11.8 Å². The highest BCUT2D eigenvalue weighted by atomic mass is 16.4. The Kier molecular flexibility index (Phi) is 3.57. The van der Waals surface area contributed by atoms with E-state index in [-0.39, 0.29) is 11.4 Å². The number of nitrogens with zero attached hydrogens (tertiary/aromatic N) is 5. The first-order valence-corrected chi connectivity index (χ1v) is 6.21. The zero-order chi connectivity index (χ0) is 14.0. The van der Waals surface area contributed by atoms with Crippen LogP contribution in [0.2, 0.25) is 0 Å². The molecule has 2 heterocycles. The highest BCUT2D eigenvalue weighted by Crippen LogP contribution is 2.24. The van der Waals surface area contributed by atoms with Crippen molar-refractivity contribution >= 4 is 11.7 Å². The summed E-state index contributed by atoms with van der Waals surface area (Å²) in [6, 6.07) is 1.71. The Morgan fingerprint density at radius 2 is 2.21 bits per heavy atom. The molecule has 0 spiro atoms. The Bertz CT molecular complexity index is 487. The van der Waals surface area contributed by atoms with Gasteiger partial charge >= 0.3 is 0 Å². The normalized spacial score (nSPS) is 20.6. The maximum absolute atomic E-state index is 8.84. The Labute approximate surface area is 112 Å². The first kappa shape index (κ1) is 13.5. The fourth-order valence-electron chi connectivity index (χ4n) is 2.23. The van der Waals surface area contributed by atoms with Crippen LogP contribution < -0.4 is 10.6 Å². The number of piperazine rings is 1. The highest BCUT2D eigenvalue weighted by molar-refractivity contribution is 6.01. The Morgan fingerprint density at radius 1 is 1.47 bits per heavy atom. The van der Waals surface area contributed by atoms with Crippen LogP contribution in [-0.2, 0) is 0 Å². The van der Waals surface area contributed by atoms with Gasteiger partial charge in [-0.1, -0.05) is 5.16 Å². The molecule has 7 heteroatoms. The average Bonchev–Trinajstić information content (AvgIpc) is 2.41. The summed E-state index contributed by atoms with van der Waals surface area (Å²) < 4.78 is 0. The predicted molar refractivity (Wildman–Crippen MR) is 73.5 cm³/mol. The monoisotopic (exact) mass is 264 g/mol. The average molecular weight is 264 g/mol. The van der Waals surface area contributed by atoms with Gasteiger partial charge in [0.2, 0.25) is 0 Å². The van der Waals surface area contributed by atoms with Crippen LogP contribution in [-0.4, -0.2) is 58.4 Å². The van der Waals surface area contributed by atoms with E-state index in [2.05, 4.69) is 46.0 Å². The van der Waals surface area contributed by atoms with Crippen LogP contribution in [0.4, 0.5) is 5.82 Å². The molecule has 0 aromatic carbocycles. The van der Waals surface area contributed by atoms with Crippen molar-refractivity contribution in [3.8, 4) is 0 Å². The molecule has 1 aliphatic heterocycles. The quantitative estimate of drug-likeness (QED) is 0.341. The second kappa shape index (κ2) is 5.00. The molecule has 1 fully saturated rings. The molecule has 7 nitrogen and oxygen atoms in total. The van der Waals surface area contributed by atoms with Gasteiger partial charge in [-0.2, -0.15) is 5.10 Å². The van der Waals surface area contributed by atoms with Crippen molar-refractivity contribution in [3.05, 3.63) is 17.8 Å². The zero-order valence-electron chi connectivity index (χ0n) is 11.5. The smallest absolute Gasteiger partial charge is 0.173 e. The molecule has 1 saturated heterocycles. The van der Waals surface area contributed by atoms with Crippen molar-refractivity contribution in [1.29, 1.82) is 0 Å². The molecule has 0 unspecified atom stereocenters. The number of likely N-dealkylation sites (N-methyl/N-ethyl adjacent to an activating group) is 1. The van der Waals surface area contributed by atoms with E-state index in [0.717, 1.165) is 19.6 Å². The third-order valence-corrected chi connectivity index (χ3v) is 3.70. The van der Waals surface area contributed by atoms with E-state index in [1.807, 2.05) is 0 Å². The van der Waals surface area contributed by atoms with Crippen LogP contribution in [0.1, 0.15) is 19.4 Å². The summed E-state index contributed by atoms with van der Waals surface area (Å²) in [6.45, 7) is 6.94. The van der Waals surface area contributed by atoms with Gasteiger partial charge in [0, 0.05) is 25.2 Å². The third-order valence-electron chi connectivity index (χ3n) is 3.70. The minimum atomic E-state index is 0.0398. The molecule has 19 heavy (non-hydrogen) atoms. The molecule has 2 rings (SSSR count). The van der Waals surface area contributed by atoms with Gasteiger partial charge in [-0.25, -0.2) is 0 Å². The van der Waals surface area contributed by atoms with Crippen LogP contribution >= 0.6 is 0 Å². The maximum atomic E-state index is 8.84. The Morgan fingerprint density at radius 3 is 2.84 bits per heavy atom. The van der Waals surface area contributed by atoms with Crippen molar-refractivity contribution in [2.45, 2.75) is 19.4 Å². The lowest BCUT2D eigenvalue weighted by atomic mass is 9.99. The van der Waals surface area contributed by atoms with Gasteiger partial charge in [0.15, 0.2) is 11.7 Å². The number of amidine groups is 1. The van der Waals surface area contributed by atoms with Crippen LogP contribution in [0.25, 0.3) is 0 Å². The molecule has 3 N–H and O–H groups in total. The number of anilines is 1. The summed E-state index contributed by atoms with van der Waals surface area (Å²) in [5, 5.41) is 20.0. The molecular weight excluding hydrogens is 244 g/mol. The number of rotatable bonds is 2. The largest absolute Gasteiger partial charge is 0.409 e. The third kappa shape index (κ3) is 2.60. The van der Waals surface area contributed by atoms with Crippen LogP contribution in [0.15, 0.2) is 17.4 Å². The first-order chi connectivity index (χ1) is 8.95. The predicted octanol–water partition coefficient (Wildman–Crippen LogP) is 0.102. The zero-order valence-corrected chi connectivity index (χ0v) is 11.5. The number of hydrogen-bond acceptors (Lipinski definition) is 6. The highest BCUT2D eigenvalue weighted by Gasteiger charge is 2.32. The second-order valence-corrected chi connectivity index (χ2v) is 5.41. The second-order valence-electron chi connectivity index (χ2n) is 5.41. The molecule has 0 atom stereocenters. The minimum Gasteiger partial charge on any atom is -0.409 e. The van der Waals surface area contributed by atoms with Gasteiger partial charge in [0.25, 0.3) is 0 Å². The van der Waals surface area contributed by atoms with E-state index < -0.39 is 0 Å². The Hall–Kier alpha value is -1.89. The molecule has 1 aromatic heterocycles. The van der Waals surface area contributed by atoms with Gasteiger partial charge in [-0.05, 0) is 27.0 Å². The number of oxime groups is 1. The van der Waals surface area contributed by atoms with Gasteiger partial charge in [0.1, 0.15) is 0 Å².